The van der Waals surface area contributed by atoms with Crippen LogP contribution in [0.15, 0.2) is 18.2 Å². The van der Waals surface area contributed by atoms with E-state index >= 15 is 0 Å². The predicted molar refractivity (Wildman–Crippen MR) is 66.1 cm³/mol. The molecule has 0 saturated heterocycles. The summed E-state index contributed by atoms with van der Waals surface area (Å²) < 4.78 is 0. The van der Waals surface area contributed by atoms with Crippen LogP contribution < -0.4 is 10.6 Å². The molecule has 0 aromatic heterocycles. The third-order valence-corrected chi connectivity index (χ3v) is 4.08. The summed E-state index contributed by atoms with van der Waals surface area (Å²) in [4.78, 5) is 0. The number of hydrogen-bond acceptors (Lipinski definition) is 2. The van der Waals surface area contributed by atoms with Gasteiger partial charge in [0.05, 0.1) is 0 Å². The molecule has 0 radical (unpaired) electrons. The maximum absolute atomic E-state index is 3.68. The summed E-state index contributed by atoms with van der Waals surface area (Å²) in [7, 11) is 0. The van der Waals surface area contributed by atoms with Crippen LogP contribution in [-0.4, -0.2) is 5.54 Å². The van der Waals surface area contributed by atoms with Crippen molar-refractivity contribution in [2.24, 2.45) is 0 Å². The van der Waals surface area contributed by atoms with Crippen LogP contribution in [0.25, 0.3) is 0 Å². The molecule has 0 atom stereocenters. The lowest BCUT2D eigenvalue weighted by molar-refractivity contribution is 0.207. The molecular formula is C14H20N2. The molecule has 1 heterocycles. The lowest BCUT2D eigenvalue weighted by Gasteiger charge is -2.39. The molecule has 2 aliphatic rings. The van der Waals surface area contributed by atoms with Gasteiger partial charge in [-0.1, -0.05) is 18.2 Å². The molecule has 0 amide bonds. The maximum atomic E-state index is 3.68. The second-order valence-electron chi connectivity index (χ2n) is 5.47. The number of benzene rings is 1. The Labute approximate surface area is 97.4 Å². The monoisotopic (exact) mass is 216 g/mol. The SMILES string of the molecule is CC1(NCc2ccc3c(c2)CNC3)CCC1. The van der Waals surface area contributed by atoms with Gasteiger partial charge in [-0.05, 0) is 42.9 Å². The van der Waals surface area contributed by atoms with Gasteiger partial charge in [-0.15, -0.1) is 0 Å². The van der Waals surface area contributed by atoms with Crippen molar-refractivity contribution in [1.29, 1.82) is 0 Å². The minimum atomic E-state index is 0.414. The van der Waals surface area contributed by atoms with E-state index in [0.29, 0.717) is 5.54 Å². The fourth-order valence-electron chi connectivity index (χ4n) is 2.66. The van der Waals surface area contributed by atoms with Crippen LogP contribution in [0.4, 0.5) is 0 Å². The molecule has 1 aromatic carbocycles. The van der Waals surface area contributed by atoms with E-state index in [1.807, 2.05) is 0 Å². The Balaban J connectivity index is 1.66. The van der Waals surface area contributed by atoms with Crippen LogP contribution in [0.3, 0.4) is 0 Å². The van der Waals surface area contributed by atoms with Crippen LogP contribution in [0, 0.1) is 0 Å². The molecule has 2 nitrogen and oxygen atoms in total. The van der Waals surface area contributed by atoms with Crippen molar-refractivity contribution in [1.82, 2.24) is 10.6 Å². The van der Waals surface area contributed by atoms with Crippen LogP contribution in [-0.2, 0) is 19.6 Å². The number of rotatable bonds is 3. The fourth-order valence-corrected chi connectivity index (χ4v) is 2.66. The minimum absolute atomic E-state index is 0.414. The zero-order chi connectivity index (χ0) is 11.0. The van der Waals surface area contributed by atoms with E-state index in [1.165, 1.54) is 36.0 Å². The molecule has 0 unspecified atom stereocenters. The molecule has 1 aromatic rings. The van der Waals surface area contributed by atoms with Crippen LogP contribution in [0.5, 0.6) is 0 Å². The third-order valence-electron chi connectivity index (χ3n) is 4.08. The van der Waals surface area contributed by atoms with Crippen molar-refractivity contribution >= 4 is 0 Å². The van der Waals surface area contributed by atoms with E-state index in [9.17, 15) is 0 Å². The quantitative estimate of drug-likeness (QED) is 0.810. The highest BCUT2D eigenvalue weighted by molar-refractivity contribution is 5.34. The van der Waals surface area contributed by atoms with E-state index in [-0.39, 0.29) is 0 Å². The molecule has 86 valence electrons. The van der Waals surface area contributed by atoms with Crippen molar-refractivity contribution in [2.45, 2.75) is 51.4 Å². The Kier molecular flexibility index (Phi) is 2.49. The first-order valence-electron chi connectivity index (χ1n) is 6.32. The molecule has 3 rings (SSSR count). The highest BCUT2D eigenvalue weighted by Crippen LogP contribution is 2.31. The van der Waals surface area contributed by atoms with Crippen molar-refractivity contribution < 1.29 is 0 Å². The first kappa shape index (κ1) is 10.3. The largest absolute Gasteiger partial charge is 0.309 e. The first-order chi connectivity index (χ1) is 7.75. The number of nitrogens with one attached hydrogen (secondary N) is 2. The van der Waals surface area contributed by atoms with Gasteiger partial charge in [-0.3, -0.25) is 0 Å². The van der Waals surface area contributed by atoms with E-state index < -0.39 is 0 Å². The Morgan fingerprint density at radius 2 is 2.06 bits per heavy atom. The fraction of sp³-hybridized carbons (Fsp3) is 0.571. The lowest BCUT2D eigenvalue weighted by atomic mass is 9.78. The number of hydrogen-bond donors (Lipinski definition) is 2. The summed E-state index contributed by atoms with van der Waals surface area (Å²) in [6.07, 6.45) is 4.05. The molecule has 2 heteroatoms. The molecule has 2 N–H and O–H groups in total. The van der Waals surface area contributed by atoms with Gasteiger partial charge in [0.2, 0.25) is 0 Å². The smallest absolute Gasteiger partial charge is 0.0212 e. The van der Waals surface area contributed by atoms with E-state index in [2.05, 4.69) is 35.8 Å². The lowest BCUT2D eigenvalue weighted by Crippen LogP contribution is -2.47. The summed E-state index contributed by atoms with van der Waals surface area (Å²) in [6.45, 7) is 5.44. The van der Waals surface area contributed by atoms with Crippen LogP contribution >= 0.6 is 0 Å². The Morgan fingerprint density at radius 1 is 1.25 bits per heavy atom. The molecule has 0 spiro atoms. The molecule has 1 saturated carbocycles. The van der Waals surface area contributed by atoms with Crippen molar-refractivity contribution in [3.05, 3.63) is 34.9 Å². The van der Waals surface area contributed by atoms with Gasteiger partial charge in [0, 0.05) is 25.2 Å². The predicted octanol–water partition coefficient (Wildman–Crippen LogP) is 2.32. The summed E-state index contributed by atoms with van der Waals surface area (Å²) in [5.41, 5.74) is 4.80. The first-order valence-corrected chi connectivity index (χ1v) is 6.32. The average Bonchev–Trinajstić information content (AvgIpc) is 2.70. The van der Waals surface area contributed by atoms with Gasteiger partial charge in [0.1, 0.15) is 0 Å². The minimum Gasteiger partial charge on any atom is -0.309 e. The van der Waals surface area contributed by atoms with Gasteiger partial charge >= 0.3 is 0 Å². The van der Waals surface area contributed by atoms with Crippen molar-refractivity contribution in [2.75, 3.05) is 0 Å². The van der Waals surface area contributed by atoms with Gasteiger partial charge in [-0.25, -0.2) is 0 Å². The molecule has 16 heavy (non-hydrogen) atoms. The van der Waals surface area contributed by atoms with Crippen molar-refractivity contribution in [3.8, 4) is 0 Å². The number of fused-ring (bicyclic) bond motifs is 1. The Hall–Kier alpha value is -0.860. The third kappa shape index (κ3) is 1.87. The Morgan fingerprint density at radius 3 is 2.81 bits per heavy atom. The summed E-state index contributed by atoms with van der Waals surface area (Å²) in [6, 6.07) is 6.89. The van der Waals surface area contributed by atoms with Gasteiger partial charge < -0.3 is 10.6 Å². The van der Waals surface area contributed by atoms with Crippen molar-refractivity contribution in [3.63, 3.8) is 0 Å². The van der Waals surface area contributed by atoms with E-state index in [4.69, 9.17) is 0 Å². The molecular weight excluding hydrogens is 196 g/mol. The van der Waals surface area contributed by atoms with Crippen LogP contribution in [0.1, 0.15) is 42.9 Å². The highest BCUT2D eigenvalue weighted by atomic mass is 15.0. The highest BCUT2D eigenvalue weighted by Gasteiger charge is 2.30. The van der Waals surface area contributed by atoms with Gasteiger partial charge in [-0.2, -0.15) is 0 Å². The Bertz CT molecular complexity index is 394. The molecule has 1 fully saturated rings. The normalized spacial score (nSPS) is 21.6. The zero-order valence-corrected chi connectivity index (χ0v) is 9.97. The summed E-state index contributed by atoms with van der Waals surface area (Å²) >= 11 is 0. The maximum Gasteiger partial charge on any atom is 0.0212 e. The van der Waals surface area contributed by atoms with E-state index in [1.54, 1.807) is 0 Å². The molecule has 0 bridgehead atoms. The average molecular weight is 216 g/mol. The molecule has 1 aliphatic carbocycles. The summed E-state index contributed by atoms with van der Waals surface area (Å²) in [5, 5.41) is 7.07. The molecule has 1 aliphatic heterocycles. The van der Waals surface area contributed by atoms with Gasteiger partial charge in [0.25, 0.3) is 0 Å². The van der Waals surface area contributed by atoms with Crippen LogP contribution in [0.2, 0.25) is 0 Å². The second-order valence-corrected chi connectivity index (χ2v) is 5.47. The topological polar surface area (TPSA) is 24.1 Å². The van der Waals surface area contributed by atoms with Gasteiger partial charge in [0.15, 0.2) is 0 Å². The standard InChI is InChI=1S/C14H20N2/c1-14(5-2-6-14)16-8-11-3-4-12-9-15-10-13(12)7-11/h3-4,7,15-16H,2,5-6,8-10H2,1H3. The zero-order valence-electron chi connectivity index (χ0n) is 9.97. The second kappa shape index (κ2) is 3.86. The summed E-state index contributed by atoms with van der Waals surface area (Å²) in [5.74, 6) is 0. The van der Waals surface area contributed by atoms with E-state index in [0.717, 1.165) is 19.6 Å².